The molecule has 5 nitrogen and oxygen atoms in total. The number of imide groups is 2. The van der Waals surface area contributed by atoms with Gasteiger partial charge in [0, 0.05) is 29.6 Å². The van der Waals surface area contributed by atoms with Gasteiger partial charge in [-0.15, -0.1) is 6.58 Å². The number of amides is 4. The molecule has 1 heterocycles. The van der Waals surface area contributed by atoms with Gasteiger partial charge in [-0.25, -0.2) is 4.79 Å². The van der Waals surface area contributed by atoms with Crippen LogP contribution in [0, 0.1) is 11.3 Å². The Morgan fingerprint density at radius 1 is 1.28 bits per heavy atom. The smallest absolute Gasteiger partial charge is 0.277 e. The van der Waals surface area contributed by atoms with Crippen LogP contribution in [0.25, 0.3) is 0 Å². The molecule has 0 aromatic rings. The molecule has 0 aromatic heterocycles. The van der Waals surface area contributed by atoms with Crippen molar-refractivity contribution in [1.29, 1.82) is 0 Å². The molecule has 1 aliphatic heterocycles. The molecule has 1 aliphatic rings. The first-order valence-corrected chi connectivity index (χ1v) is 5.76. The summed E-state index contributed by atoms with van der Waals surface area (Å²) >= 11 is 0. The van der Waals surface area contributed by atoms with E-state index in [2.05, 4.69) is 17.2 Å². The Bertz CT molecular complexity index is 348. The number of carbonyl (C=O) groups is 3. The second kappa shape index (κ2) is 7.07. The van der Waals surface area contributed by atoms with Gasteiger partial charge >= 0.3 is 6.03 Å². The van der Waals surface area contributed by atoms with Crippen LogP contribution in [0.15, 0.2) is 12.7 Å². The van der Waals surface area contributed by atoms with E-state index in [4.69, 9.17) is 0 Å². The van der Waals surface area contributed by atoms with Gasteiger partial charge in [0.1, 0.15) is 5.41 Å². The van der Waals surface area contributed by atoms with Crippen LogP contribution in [-0.4, -0.2) is 47.4 Å². The van der Waals surface area contributed by atoms with Crippen LogP contribution in [0.1, 0.15) is 33.1 Å². The Morgan fingerprint density at radius 2 is 1.78 bits per heavy atom. The number of nitrogens with one attached hydrogen (secondary N) is 2. The normalized spacial score (nSPS) is 19.3. The van der Waals surface area contributed by atoms with Crippen LogP contribution in [0.4, 0.5) is 4.79 Å². The van der Waals surface area contributed by atoms with Gasteiger partial charge in [-0.2, -0.15) is 0 Å². The Hall–Kier alpha value is -0.650. The molecule has 95 valence electrons. The molecule has 0 aromatic carbocycles. The molecule has 2 N–H and O–H groups in total. The molecule has 0 spiro atoms. The van der Waals surface area contributed by atoms with Crippen molar-refractivity contribution in [1.82, 2.24) is 10.6 Å². The maximum atomic E-state index is 12.0. The standard InChI is InChI=1S/C12H18N2O3.Na/c1-4-6-8(3)12(7-5-2)9(15)13-11(17)14-10(12)16;/h5,8H,2,4,6-7H2,1,3H3,(H2,13,14,15,16,17);/t8-;/m1./s1. The molecule has 0 aliphatic carbocycles. The summed E-state index contributed by atoms with van der Waals surface area (Å²) in [5.74, 6) is -1.18. The molecule has 4 amide bonds. The van der Waals surface area contributed by atoms with Gasteiger partial charge in [-0.1, -0.05) is 26.3 Å². The second-order valence-corrected chi connectivity index (χ2v) is 4.39. The van der Waals surface area contributed by atoms with Gasteiger partial charge in [0.15, 0.2) is 0 Å². The summed E-state index contributed by atoms with van der Waals surface area (Å²) in [7, 11) is 0. The fourth-order valence-corrected chi connectivity index (χ4v) is 2.30. The van der Waals surface area contributed by atoms with Crippen molar-refractivity contribution in [3.8, 4) is 0 Å². The summed E-state index contributed by atoms with van der Waals surface area (Å²) in [5, 5.41) is 4.33. The van der Waals surface area contributed by atoms with Gasteiger partial charge in [-0.3, -0.25) is 20.2 Å². The van der Waals surface area contributed by atoms with Crippen LogP contribution in [0.2, 0.25) is 0 Å². The number of allylic oxidation sites excluding steroid dienone is 1. The Labute approximate surface area is 129 Å². The van der Waals surface area contributed by atoms with E-state index in [1.54, 1.807) is 6.08 Å². The average molecular weight is 261 g/mol. The molecule has 6 heteroatoms. The molecule has 1 rings (SSSR count). The molecular weight excluding hydrogens is 243 g/mol. The molecule has 0 saturated carbocycles. The monoisotopic (exact) mass is 261 g/mol. The van der Waals surface area contributed by atoms with Gasteiger partial charge in [0.05, 0.1) is 0 Å². The number of rotatable bonds is 5. The van der Waals surface area contributed by atoms with E-state index in [1.165, 1.54) is 0 Å². The third-order valence-electron chi connectivity index (χ3n) is 3.29. The van der Waals surface area contributed by atoms with Crippen molar-refractivity contribution < 1.29 is 14.4 Å². The van der Waals surface area contributed by atoms with Crippen molar-refractivity contribution in [2.24, 2.45) is 11.3 Å². The van der Waals surface area contributed by atoms with E-state index in [0.29, 0.717) is 0 Å². The SMILES string of the molecule is C=CCC1([C@H](C)CCC)C(=O)NC(=O)NC1=O.[Na]. The number of urea groups is 1. The minimum atomic E-state index is -1.20. The minimum Gasteiger partial charge on any atom is -0.277 e. The summed E-state index contributed by atoms with van der Waals surface area (Å²) in [5.41, 5.74) is -1.20. The van der Waals surface area contributed by atoms with Crippen molar-refractivity contribution in [3.63, 3.8) is 0 Å². The van der Waals surface area contributed by atoms with E-state index in [1.807, 2.05) is 13.8 Å². The maximum Gasteiger partial charge on any atom is 0.328 e. The second-order valence-electron chi connectivity index (χ2n) is 4.39. The summed E-state index contributed by atoms with van der Waals surface area (Å²) in [6.45, 7) is 7.42. The van der Waals surface area contributed by atoms with E-state index < -0.39 is 23.3 Å². The first-order valence-electron chi connectivity index (χ1n) is 5.76. The summed E-state index contributed by atoms with van der Waals surface area (Å²) in [6.07, 6.45) is 3.39. The summed E-state index contributed by atoms with van der Waals surface area (Å²) < 4.78 is 0. The topological polar surface area (TPSA) is 75.3 Å². The minimum absolute atomic E-state index is 0. The molecule has 0 unspecified atom stereocenters. The predicted molar refractivity (Wildman–Crippen MR) is 68.8 cm³/mol. The Kier molecular flexibility index (Phi) is 6.81. The van der Waals surface area contributed by atoms with E-state index in [0.717, 1.165) is 12.8 Å². The van der Waals surface area contributed by atoms with Crippen LogP contribution in [0.5, 0.6) is 0 Å². The zero-order chi connectivity index (χ0) is 13.1. The van der Waals surface area contributed by atoms with E-state index >= 15 is 0 Å². The van der Waals surface area contributed by atoms with Crippen LogP contribution < -0.4 is 10.6 Å². The van der Waals surface area contributed by atoms with Crippen molar-refractivity contribution in [3.05, 3.63) is 12.7 Å². The number of barbiturate groups is 1. The molecule has 18 heavy (non-hydrogen) atoms. The quantitative estimate of drug-likeness (QED) is 0.440. The van der Waals surface area contributed by atoms with E-state index in [9.17, 15) is 14.4 Å². The molecular formula is C12H18N2NaO3. The van der Waals surface area contributed by atoms with Gasteiger partial charge in [0.2, 0.25) is 11.8 Å². The van der Waals surface area contributed by atoms with E-state index in [-0.39, 0.29) is 41.9 Å². The first-order chi connectivity index (χ1) is 7.98. The molecule has 1 atom stereocenters. The summed E-state index contributed by atoms with van der Waals surface area (Å²) in [6, 6.07) is -0.747. The molecule has 1 saturated heterocycles. The summed E-state index contributed by atoms with van der Waals surface area (Å²) in [4.78, 5) is 35.1. The van der Waals surface area contributed by atoms with Gasteiger partial charge < -0.3 is 0 Å². The van der Waals surface area contributed by atoms with Gasteiger partial charge in [-0.05, 0) is 18.8 Å². The zero-order valence-electron chi connectivity index (χ0n) is 11.2. The average Bonchev–Trinajstić information content (AvgIpc) is 2.23. The van der Waals surface area contributed by atoms with Crippen molar-refractivity contribution in [2.45, 2.75) is 33.1 Å². The van der Waals surface area contributed by atoms with Crippen LogP contribution in [0.3, 0.4) is 0 Å². The zero-order valence-corrected chi connectivity index (χ0v) is 13.2. The number of hydrogen-bond donors (Lipinski definition) is 2. The van der Waals surface area contributed by atoms with Gasteiger partial charge in [0.25, 0.3) is 0 Å². The Balaban J connectivity index is 0.00000289. The molecule has 0 bridgehead atoms. The largest absolute Gasteiger partial charge is 0.328 e. The predicted octanol–water partition coefficient (Wildman–Crippen LogP) is 0.970. The van der Waals surface area contributed by atoms with Crippen molar-refractivity contribution >= 4 is 47.4 Å². The van der Waals surface area contributed by atoms with Crippen molar-refractivity contribution in [2.75, 3.05) is 0 Å². The third kappa shape index (κ3) is 3.02. The van der Waals surface area contributed by atoms with Crippen LogP contribution in [-0.2, 0) is 9.59 Å². The third-order valence-corrected chi connectivity index (χ3v) is 3.29. The molecule has 1 fully saturated rings. The maximum absolute atomic E-state index is 12.0. The number of carbonyl (C=O) groups excluding carboxylic acids is 3. The fraction of sp³-hybridized carbons (Fsp3) is 0.583. The van der Waals surface area contributed by atoms with Crippen LogP contribution >= 0.6 is 0 Å². The molecule has 1 radical (unpaired) electrons. The Morgan fingerprint density at radius 3 is 2.17 bits per heavy atom. The first kappa shape index (κ1) is 17.4. The fourth-order valence-electron chi connectivity index (χ4n) is 2.30. The number of hydrogen-bond acceptors (Lipinski definition) is 3.